The molecule has 0 fully saturated rings. The van der Waals surface area contributed by atoms with Gasteiger partial charge in [0.15, 0.2) is 0 Å². The predicted molar refractivity (Wildman–Crippen MR) is 62.4 cm³/mol. The topological polar surface area (TPSA) is 54.4 Å². The zero-order valence-corrected chi connectivity index (χ0v) is 11.3. The van der Waals surface area contributed by atoms with Crippen molar-refractivity contribution in [2.24, 2.45) is 0 Å². The third-order valence-corrected chi connectivity index (χ3v) is 2.19. The van der Waals surface area contributed by atoms with Crippen LogP contribution in [0.25, 0.3) is 0 Å². The van der Waals surface area contributed by atoms with Gasteiger partial charge >= 0.3 is 23.1 Å². The van der Waals surface area contributed by atoms with E-state index < -0.39 is 10.1 Å². The number of rotatable bonds is 1. The average molecular weight is 240 g/mol. The summed E-state index contributed by atoms with van der Waals surface area (Å²) in [5.74, 6) is 0. The van der Waals surface area contributed by atoms with Gasteiger partial charge in [-0.05, 0) is 19.1 Å². The summed E-state index contributed by atoms with van der Waals surface area (Å²) < 4.78 is 29.6. The number of hydrogen-bond acceptors (Lipinski definition) is 2. The Kier molecular flexibility index (Phi) is 9.33. The van der Waals surface area contributed by atoms with E-state index in [1.165, 1.54) is 12.1 Å². The molecule has 3 nitrogen and oxygen atoms in total. The molecule has 0 unspecified atom stereocenters. The molecule has 0 atom stereocenters. The Hall–Kier alpha value is -0.104. The van der Waals surface area contributed by atoms with Gasteiger partial charge in [0.1, 0.15) is 0 Å². The quantitative estimate of drug-likeness (QED) is 0.464. The minimum Gasteiger partial charge on any atom is -0.344 e. The molecule has 1 N–H and O–H groups in total. The van der Waals surface area contributed by atoms with Gasteiger partial charge < -0.3 is 6.92 Å². The number of hydrogen-bond donors (Lipinski definition) is 1. The molecule has 0 spiro atoms. The van der Waals surface area contributed by atoms with Gasteiger partial charge in [0.25, 0.3) is 10.1 Å². The second-order valence-corrected chi connectivity index (χ2v) is 4.21. The van der Waals surface area contributed by atoms with E-state index >= 15 is 0 Å². The second kappa shape index (κ2) is 8.10. The Bertz CT molecular complexity index is 357. The summed E-state index contributed by atoms with van der Waals surface area (Å²) in [6.07, 6.45) is 1.00. The van der Waals surface area contributed by atoms with Crippen LogP contribution in [0.15, 0.2) is 29.2 Å². The molecule has 0 aliphatic carbocycles. The average Bonchev–Trinajstić information content (AvgIpc) is 2.04. The standard InChI is InChI=1S/C7H8O3S.C3H7.Mg/c1-6-2-4-7(5-3-6)11(8,9)10;1-3-2;/h2-5H,1H3,(H,8,9,10);1,3H2,2H3;/q;-1;+2. The van der Waals surface area contributed by atoms with Gasteiger partial charge in [0.2, 0.25) is 0 Å². The first-order chi connectivity index (χ1) is 6.41. The molecular formula is C10H15MgO3S+. The molecule has 80 valence electrons. The molecule has 0 saturated heterocycles. The van der Waals surface area contributed by atoms with Crippen LogP contribution in [-0.4, -0.2) is 36.0 Å². The van der Waals surface area contributed by atoms with Crippen molar-refractivity contribution in [3.05, 3.63) is 36.8 Å². The van der Waals surface area contributed by atoms with Crippen molar-refractivity contribution in [1.82, 2.24) is 0 Å². The third kappa shape index (κ3) is 7.78. The van der Waals surface area contributed by atoms with Gasteiger partial charge in [0.05, 0.1) is 4.90 Å². The van der Waals surface area contributed by atoms with Gasteiger partial charge in [-0.1, -0.05) is 24.6 Å². The summed E-state index contributed by atoms with van der Waals surface area (Å²) in [5, 5.41) is 0. The second-order valence-electron chi connectivity index (χ2n) is 2.79. The van der Waals surface area contributed by atoms with E-state index in [1.807, 2.05) is 13.8 Å². The molecule has 0 aliphatic rings. The van der Waals surface area contributed by atoms with Crippen molar-refractivity contribution in [3.8, 4) is 0 Å². The third-order valence-electron chi connectivity index (χ3n) is 1.32. The van der Waals surface area contributed by atoms with Crippen molar-refractivity contribution >= 4 is 33.2 Å². The van der Waals surface area contributed by atoms with Crippen LogP contribution in [0.1, 0.15) is 18.9 Å². The van der Waals surface area contributed by atoms with Gasteiger partial charge in [0, 0.05) is 0 Å². The monoisotopic (exact) mass is 239 g/mol. The number of benzene rings is 1. The van der Waals surface area contributed by atoms with E-state index in [0.29, 0.717) is 0 Å². The Morgan fingerprint density at radius 3 is 1.87 bits per heavy atom. The zero-order chi connectivity index (χ0) is 11.2. The van der Waals surface area contributed by atoms with Crippen LogP contribution in [0.3, 0.4) is 0 Å². The van der Waals surface area contributed by atoms with Gasteiger partial charge in [-0.25, -0.2) is 0 Å². The summed E-state index contributed by atoms with van der Waals surface area (Å²) in [6.45, 7) is 7.34. The molecule has 1 aromatic rings. The molecule has 5 heteroatoms. The molecule has 0 saturated carbocycles. The fourth-order valence-electron chi connectivity index (χ4n) is 0.710. The smallest absolute Gasteiger partial charge is 0.344 e. The summed E-state index contributed by atoms with van der Waals surface area (Å²) in [6, 6.07) is 5.99. The van der Waals surface area contributed by atoms with Crippen LogP contribution in [0, 0.1) is 13.8 Å². The largest absolute Gasteiger partial charge is 2.00 e. The van der Waals surface area contributed by atoms with Crippen molar-refractivity contribution < 1.29 is 13.0 Å². The fraction of sp³-hybridized carbons (Fsp3) is 0.300. The van der Waals surface area contributed by atoms with Crippen LogP contribution in [0.2, 0.25) is 0 Å². The summed E-state index contributed by atoms with van der Waals surface area (Å²) >= 11 is 0. The van der Waals surface area contributed by atoms with Crippen LogP contribution < -0.4 is 0 Å². The van der Waals surface area contributed by atoms with Crippen LogP contribution in [-0.2, 0) is 10.1 Å². The van der Waals surface area contributed by atoms with E-state index in [9.17, 15) is 8.42 Å². The Labute approximate surface area is 108 Å². The van der Waals surface area contributed by atoms with E-state index in [-0.39, 0.29) is 27.9 Å². The molecule has 0 heterocycles. The minimum atomic E-state index is -4.02. The summed E-state index contributed by atoms with van der Waals surface area (Å²) in [4.78, 5) is -0.0666. The molecular weight excluding hydrogens is 224 g/mol. The molecule has 0 radical (unpaired) electrons. The van der Waals surface area contributed by atoms with Crippen molar-refractivity contribution in [3.63, 3.8) is 0 Å². The minimum absolute atomic E-state index is 0. The van der Waals surface area contributed by atoms with Gasteiger partial charge in [-0.2, -0.15) is 14.8 Å². The Balaban J connectivity index is 0. The van der Waals surface area contributed by atoms with Gasteiger partial charge in [-0.15, -0.1) is 0 Å². The van der Waals surface area contributed by atoms with E-state index in [4.69, 9.17) is 4.55 Å². The Morgan fingerprint density at radius 2 is 1.60 bits per heavy atom. The first-order valence-electron chi connectivity index (χ1n) is 4.25. The number of aryl methyl sites for hydroxylation is 1. The molecule has 0 bridgehead atoms. The SMILES string of the molecule is Cc1ccc(S(=O)(=O)O)cc1.[CH2-]CC.[Mg+2]. The molecule has 1 aromatic carbocycles. The zero-order valence-electron chi connectivity index (χ0n) is 9.10. The van der Waals surface area contributed by atoms with E-state index in [0.717, 1.165) is 12.0 Å². The molecule has 1 rings (SSSR count). The maximum Gasteiger partial charge on any atom is 2.00 e. The van der Waals surface area contributed by atoms with Gasteiger partial charge in [-0.3, -0.25) is 4.55 Å². The van der Waals surface area contributed by atoms with Crippen LogP contribution >= 0.6 is 0 Å². The molecule has 0 aliphatic heterocycles. The van der Waals surface area contributed by atoms with Crippen molar-refractivity contribution in [1.29, 1.82) is 0 Å². The van der Waals surface area contributed by atoms with Crippen LogP contribution in [0.4, 0.5) is 0 Å². The fourth-order valence-corrected chi connectivity index (χ4v) is 1.19. The molecule has 15 heavy (non-hydrogen) atoms. The van der Waals surface area contributed by atoms with Crippen molar-refractivity contribution in [2.75, 3.05) is 0 Å². The molecule has 0 amide bonds. The first kappa shape index (κ1) is 17.3. The maximum atomic E-state index is 10.5. The van der Waals surface area contributed by atoms with E-state index in [2.05, 4.69) is 6.92 Å². The predicted octanol–water partition coefficient (Wildman–Crippen LogP) is 2.09. The van der Waals surface area contributed by atoms with E-state index in [1.54, 1.807) is 12.1 Å². The van der Waals surface area contributed by atoms with Crippen molar-refractivity contribution in [2.45, 2.75) is 25.2 Å². The van der Waals surface area contributed by atoms with Crippen LogP contribution in [0.5, 0.6) is 0 Å². The first-order valence-corrected chi connectivity index (χ1v) is 5.69. The Morgan fingerprint density at radius 1 is 1.27 bits per heavy atom. The summed E-state index contributed by atoms with van der Waals surface area (Å²) in [7, 11) is -4.02. The maximum absolute atomic E-state index is 10.5. The summed E-state index contributed by atoms with van der Waals surface area (Å²) in [5.41, 5.74) is 0.956. The molecule has 0 aromatic heterocycles. The normalized spacial score (nSPS) is 9.60.